The predicted octanol–water partition coefficient (Wildman–Crippen LogP) is 2.64. The van der Waals surface area contributed by atoms with Crippen molar-refractivity contribution in [3.63, 3.8) is 0 Å². The van der Waals surface area contributed by atoms with Gasteiger partial charge in [-0.3, -0.25) is 0 Å². The second-order valence-corrected chi connectivity index (χ2v) is 5.44. The molecule has 0 aliphatic heterocycles. The molecule has 0 aromatic heterocycles. The van der Waals surface area contributed by atoms with Crippen LogP contribution in [-0.4, -0.2) is 48.8 Å². The molecule has 0 aromatic carbocycles. The standard InChI is InChI=1S/C15H34N2O/c1-5-8-9-12-17(4)13-10-11-15(6-2,14-18)16-7-3/h16,18H,5-14H2,1-4H3. The Morgan fingerprint density at radius 3 is 2.22 bits per heavy atom. The van der Waals surface area contributed by atoms with Crippen molar-refractivity contribution >= 4 is 0 Å². The van der Waals surface area contributed by atoms with Crippen molar-refractivity contribution in [3.8, 4) is 0 Å². The van der Waals surface area contributed by atoms with E-state index in [0.29, 0.717) is 0 Å². The third-order valence-electron chi connectivity index (χ3n) is 3.87. The van der Waals surface area contributed by atoms with Crippen LogP contribution >= 0.6 is 0 Å². The van der Waals surface area contributed by atoms with Gasteiger partial charge in [-0.15, -0.1) is 0 Å². The minimum Gasteiger partial charge on any atom is -0.394 e. The van der Waals surface area contributed by atoms with Gasteiger partial charge in [-0.1, -0.05) is 33.6 Å². The van der Waals surface area contributed by atoms with Crippen LogP contribution in [0.15, 0.2) is 0 Å². The highest BCUT2D eigenvalue weighted by molar-refractivity contribution is 4.85. The maximum absolute atomic E-state index is 9.57. The third kappa shape index (κ3) is 7.34. The minimum atomic E-state index is -0.0565. The zero-order chi connectivity index (χ0) is 13.9. The van der Waals surface area contributed by atoms with Gasteiger partial charge >= 0.3 is 0 Å². The van der Waals surface area contributed by atoms with E-state index in [-0.39, 0.29) is 12.1 Å². The van der Waals surface area contributed by atoms with Gasteiger partial charge in [0.2, 0.25) is 0 Å². The van der Waals surface area contributed by atoms with Gasteiger partial charge in [0, 0.05) is 5.54 Å². The van der Waals surface area contributed by atoms with Crippen LogP contribution < -0.4 is 5.32 Å². The molecular weight excluding hydrogens is 224 g/mol. The van der Waals surface area contributed by atoms with E-state index >= 15 is 0 Å². The van der Waals surface area contributed by atoms with Crippen LogP contribution in [0.25, 0.3) is 0 Å². The van der Waals surface area contributed by atoms with Gasteiger partial charge in [0.1, 0.15) is 0 Å². The Kier molecular flexibility index (Phi) is 10.7. The summed E-state index contributed by atoms with van der Waals surface area (Å²) in [6.07, 6.45) is 7.14. The van der Waals surface area contributed by atoms with E-state index in [0.717, 1.165) is 32.4 Å². The van der Waals surface area contributed by atoms with Crippen LogP contribution in [0.4, 0.5) is 0 Å². The van der Waals surface area contributed by atoms with Crippen LogP contribution in [0.2, 0.25) is 0 Å². The maximum atomic E-state index is 9.57. The topological polar surface area (TPSA) is 35.5 Å². The van der Waals surface area contributed by atoms with E-state index in [1.165, 1.54) is 25.8 Å². The van der Waals surface area contributed by atoms with Gasteiger partial charge in [-0.05, 0) is 52.4 Å². The van der Waals surface area contributed by atoms with Crippen molar-refractivity contribution in [1.82, 2.24) is 10.2 Å². The summed E-state index contributed by atoms with van der Waals surface area (Å²) in [4.78, 5) is 2.42. The maximum Gasteiger partial charge on any atom is 0.0613 e. The lowest BCUT2D eigenvalue weighted by molar-refractivity contribution is 0.142. The lowest BCUT2D eigenvalue weighted by atomic mass is 9.91. The number of aliphatic hydroxyl groups is 1. The molecule has 0 fully saturated rings. The van der Waals surface area contributed by atoms with Crippen LogP contribution in [-0.2, 0) is 0 Å². The molecule has 0 heterocycles. The smallest absolute Gasteiger partial charge is 0.0613 e. The van der Waals surface area contributed by atoms with Gasteiger partial charge in [-0.25, -0.2) is 0 Å². The van der Waals surface area contributed by atoms with Crippen LogP contribution in [0, 0.1) is 0 Å². The zero-order valence-electron chi connectivity index (χ0n) is 13.0. The van der Waals surface area contributed by atoms with Gasteiger partial charge in [0.15, 0.2) is 0 Å². The number of likely N-dealkylation sites (N-methyl/N-ethyl adjacent to an activating group) is 1. The molecule has 0 radical (unpaired) electrons. The molecule has 18 heavy (non-hydrogen) atoms. The fraction of sp³-hybridized carbons (Fsp3) is 1.00. The monoisotopic (exact) mass is 258 g/mol. The quantitative estimate of drug-likeness (QED) is 0.528. The molecule has 3 nitrogen and oxygen atoms in total. The predicted molar refractivity (Wildman–Crippen MR) is 80.0 cm³/mol. The average molecular weight is 258 g/mol. The van der Waals surface area contributed by atoms with Crippen molar-refractivity contribution in [2.75, 3.05) is 33.3 Å². The Morgan fingerprint density at radius 1 is 1.06 bits per heavy atom. The first-order valence-electron chi connectivity index (χ1n) is 7.68. The minimum absolute atomic E-state index is 0.0565. The molecule has 1 unspecified atom stereocenters. The summed E-state index contributed by atoms with van der Waals surface area (Å²) in [7, 11) is 2.20. The van der Waals surface area contributed by atoms with Gasteiger partial charge in [-0.2, -0.15) is 0 Å². The second kappa shape index (κ2) is 10.8. The van der Waals surface area contributed by atoms with Crippen LogP contribution in [0.3, 0.4) is 0 Å². The Labute approximate surface area is 114 Å². The van der Waals surface area contributed by atoms with Crippen molar-refractivity contribution in [2.45, 2.75) is 64.8 Å². The summed E-state index contributed by atoms with van der Waals surface area (Å²) >= 11 is 0. The molecule has 0 aliphatic rings. The first kappa shape index (κ1) is 17.9. The molecule has 0 aliphatic carbocycles. The molecule has 0 rings (SSSR count). The van der Waals surface area contributed by atoms with E-state index in [4.69, 9.17) is 0 Å². The van der Waals surface area contributed by atoms with E-state index in [9.17, 15) is 5.11 Å². The molecule has 1 atom stereocenters. The molecule has 0 aromatic rings. The fourth-order valence-electron chi connectivity index (χ4n) is 2.44. The van der Waals surface area contributed by atoms with Gasteiger partial charge in [0.05, 0.1) is 6.61 Å². The lowest BCUT2D eigenvalue weighted by Gasteiger charge is -2.32. The molecular formula is C15H34N2O. The number of unbranched alkanes of at least 4 members (excludes halogenated alkanes) is 2. The summed E-state index contributed by atoms with van der Waals surface area (Å²) in [5.74, 6) is 0. The molecule has 0 bridgehead atoms. The van der Waals surface area contributed by atoms with Gasteiger partial charge in [0.25, 0.3) is 0 Å². The first-order valence-corrected chi connectivity index (χ1v) is 7.68. The number of aliphatic hydroxyl groups excluding tert-OH is 1. The third-order valence-corrected chi connectivity index (χ3v) is 3.87. The average Bonchev–Trinajstić information content (AvgIpc) is 2.38. The molecule has 0 saturated heterocycles. The summed E-state index contributed by atoms with van der Waals surface area (Å²) in [5.41, 5.74) is -0.0565. The first-order chi connectivity index (χ1) is 8.64. The van der Waals surface area contributed by atoms with Crippen molar-refractivity contribution in [3.05, 3.63) is 0 Å². The lowest BCUT2D eigenvalue weighted by Crippen LogP contribution is -2.48. The molecule has 0 spiro atoms. The van der Waals surface area contributed by atoms with Crippen molar-refractivity contribution in [2.24, 2.45) is 0 Å². The van der Waals surface area contributed by atoms with Crippen LogP contribution in [0.1, 0.15) is 59.3 Å². The van der Waals surface area contributed by atoms with Gasteiger partial charge < -0.3 is 15.3 Å². The fourth-order valence-corrected chi connectivity index (χ4v) is 2.44. The SMILES string of the molecule is CCCCCN(C)CCCC(CC)(CO)NCC. The second-order valence-electron chi connectivity index (χ2n) is 5.44. The molecule has 2 N–H and O–H groups in total. The van der Waals surface area contributed by atoms with Crippen LogP contribution in [0.5, 0.6) is 0 Å². The number of nitrogens with one attached hydrogen (secondary N) is 1. The summed E-state index contributed by atoms with van der Waals surface area (Å²) in [5, 5.41) is 13.0. The number of hydrogen-bond donors (Lipinski definition) is 2. The molecule has 0 saturated carbocycles. The summed E-state index contributed by atoms with van der Waals surface area (Å²) < 4.78 is 0. The summed E-state index contributed by atoms with van der Waals surface area (Å²) in [6, 6.07) is 0. The Bertz CT molecular complexity index is 181. The van der Waals surface area contributed by atoms with Crippen molar-refractivity contribution in [1.29, 1.82) is 0 Å². The normalized spacial score (nSPS) is 15.0. The number of nitrogens with zero attached hydrogens (tertiary/aromatic N) is 1. The zero-order valence-corrected chi connectivity index (χ0v) is 13.0. The molecule has 0 amide bonds. The number of rotatable bonds is 12. The van der Waals surface area contributed by atoms with Crippen molar-refractivity contribution < 1.29 is 5.11 Å². The van der Waals surface area contributed by atoms with E-state index in [1.54, 1.807) is 0 Å². The Hall–Kier alpha value is -0.120. The van der Waals surface area contributed by atoms with E-state index < -0.39 is 0 Å². The highest BCUT2D eigenvalue weighted by Gasteiger charge is 2.25. The molecule has 3 heteroatoms. The van der Waals surface area contributed by atoms with E-state index in [2.05, 4.69) is 38.0 Å². The largest absolute Gasteiger partial charge is 0.394 e. The molecule has 110 valence electrons. The Morgan fingerprint density at radius 2 is 1.72 bits per heavy atom. The highest BCUT2D eigenvalue weighted by atomic mass is 16.3. The Balaban J connectivity index is 3.84. The highest BCUT2D eigenvalue weighted by Crippen LogP contribution is 2.17. The summed E-state index contributed by atoms with van der Waals surface area (Å²) in [6.45, 7) is 10.0. The van der Waals surface area contributed by atoms with E-state index in [1.807, 2.05) is 0 Å². The number of hydrogen-bond acceptors (Lipinski definition) is 3.